The predicted molar refractivity (Wildman–Crippen MR) is 130 cm³/mol. The van der Waals surface area contributed by atoms with Crippen molar-refractivity contribution in [1.82, 2.24) is 20.1 Å². The lowest BCUT2D eigenvalue weighted by molar-refractivity contribution is -0.123. The highest BCUT2D eigenvalue weighted by Gasteiger charge is 2.30. The van der Waals surface area contributed by atoms with E-state index in [0.717, 1.165) is 24.1 Å². The van der Waals surface area contributed by atoms with E-state index in [9.17, 15) is 23.1 Å². The number of nitrogens with two attached hydrogens (primary N) is 1. The third kappa shape index (κ3) is 5.82. The molecule has 12 heteroatoms. The van der Waals surface area contributed by atoms with Crippen LogP contribution in [0.25, 0.3) is 11.4 Å². The van der Waals surface area contributed by atoms with Gasteiger partial charge in [-0.05, 0) is 55.5 Å². The lowest BCUT2D eigenvalue weighted by atomic mass is 9.99. The Balaban J connectivity index is 1.62. The Morgan fingerprint density at radius 1 is 1.28 bits per heavy atom. The van der Waals surface area contributed by atoms with Crippen LogP contribution in [-0.4, -0.2) is 50.8 Å². The summed E-state index contributed by atoms with van der Waals surface area (Å²) in [5.41, 5.74) is 9.54. The first-order chi connectivity index (χ1) is 17.1. The van der Waals surface area contributed by atoms with E-state index in [1.54, 1.807) is 25.1 Å². The summed E-state index contributed by atoms with van der Waals surface area (Å²) in [6.07, 6.45) is -1.98. The molecule has 4 rings (SSSR count). The summed E-state index contributed by atoms with van der Waals surface area (Å²) in [5.74, 6) is 0.111. The number of anilines is 3. The van der Waals surface area contributed by atoms with Gasteiger partial charge in [-0.2, -0.15) is 18.2 Å². The number of amides is 1. The van der Waals surface area contributed by atoms with Crippen LogP contribution in [0, 0.1) is 5.41 Å². The molecular formula is C24H26F3N7O2. The van der Waals surface area contributed by atoms with Gasteiger partial charge in [-0.15, -0.1) is 5.10 Å². The Labute approximate surface area is 205 Å². The maximum Gasteiger partial charge on any atom is 0.405 e. The molecule has 1 unspecified atom stereocenters. The zero-order valence-electron chi connectivity index (χ0n) is 19.4. The Morgan fingerprint density at radius 3 is 2.56 bits per heavy atom. The SMILES string of the molecule is CC(O)Cn1nc(-c2ccc(C(=O)NCC(F)(F)F)cc2)nc1Nc1ccc(N)c(C=N)c1C1CC1. The van der Waals surface area contributed by atoms with Crippen LogP contribution in [0.1, 0.15) is 47.2 Å². The maximum atomic E-state index is 12.4. The number of benzene rings is 2. The van der Waals surface area contributed by atoms with Crippen LogP contribution in [-0.2, 0) is 6.54 Å². The molecule has 0 saturated heterocycles. The summed E-state index contributed by atoms with van der Waals surface area (Å²) >= 11 is 0. The molecule has 1 aliphatic carbocycles. The first kappa shape index (κ1) is 25.2. The third-order valence-electron chi connectivity index (χ3n) is 5.66. The number of alkyl halides is 3. The van der Waals surface area contributed by atoms with Crippen molar-refractivity contribution in [3.05, 3.63) is 53.1 Å². The highest BCUT2D eigenvalue weighted by molar-refractivity contribution is 5.94. The second-order valence-corrected chi connectivity index (χ2v) is 8.74. The number of hydrogen-bond acceptors (Lipinski definition) is 7. The molecule has 1 fully saturated rings. The molecule has 1 aromatic heterocycles. The second-order valence-electron chi connectivity index (χ2n) is 8.74. The van der Waals surface area contributed by atoms with E-state index in [4.69, 9.17) is 11.1 Å². The van der Waals surface area contributed by atoms with Crippen LogP contribution < -0.4 is 16.4 Å². The minimum Gasteiger partial charge on any atom is -0.398 e. The number of aliphatic hydroxyl groups excluding tert-OH is 1. The van der Waals surface area contributed by atoms with Crippen molar-refractivity contribution in [3.63, 3.8) is 0 Å². The van der Waals surface area contributed by atoms with Gasteiger partial charge in [0.05, 0.1) is 12.6 Å². The van der Waals surface area contributed by atoms with Crippen LogP contribution in [0.15, 0.2) is 36.4 Å². The van der Waals surface area contributed by atoms with E-state index in [1.165, 1.54) is 23.0 Å². The molecule has 0 spiro atoms. The molecule has 3 aromatic rings. The average molecular weight is 502 g/mol. The summed E-state index contributed by atoms with van der Waals surface area (Å²) in [5, 5.41) is 27.3. The Kier molecular flexibility index (Phi) is 6.97. The van der Waals surface area contributed by atoms with Gasteiger partial charge in [-0.3, -0.25) is 4.79 Å². The molecule has 1 heterocycles. The lowest BCUT2D eigenvalue weighted by Gasteiger charge is -2.16. The number of carbonyl (C=O) groups excluding carboxylic acids is 1. The van der Waals surface area contributed by atoms with Crippen LogP contribution >= 0.6 is 0 Å². The quantitative estimate of drug-likeness (QED) is 0.223. The van der Waals surface area contributed by atoms with Crippen LogP contribution in [0.2, 0.25) is 0 Å². The second kappa shape index (κ2) is 9.97. The highest BCUT2D eigenvalue weighted by atomic mass is 19.4. The summed E-state index contributed by atoms with van der Waals surface area (Å²) in [4.78, 5) is 16.5. The fourth-order valence-electron chi connectivity index (χ4n) is 3.84. The number of nitrogens with zero attached hydrogens (tertiary/aromatic N) is 3. The number of hydrogen-bond donors (Lipinski definition) is 5. The molecule has 1 saturated carbocycles. The molecule has 6 N–H and O–H groups in total. The third-order valence-corrected chi connectivity index (χ3v) is 5.66. The number of rotatable bonds is 9. The summed E-state index contributed by atoms with van der Waals surface area (Å²) < 4.78 is 38.6. The summed E-state index contributed by atoms with van der Waals surface area (Å²) in [7, 11) is 0. The Bertz CT molecular complexity index is 1270. The number of nitrogens with one attached hydrogen (secondary N) is 3. The minimum absolute atomic E-state index is 0.0693. The summed E-state index contributed by atoms with van der Waals surface area (Å²) in [6, 6.07) is 9.41. The minimum atomic E-state index is -4.50. The first-order valence-electron chi connectivity index (χ1n) is 11.3. The van der Waals surface area contributed by atoms with E-state index < -0.39 is 24.7 Å². The molecule has 0 bridgehead atoms. The van der Waals surface area contributed by atoms with Crippen molar-refractivity contribution in [2.45, 2.75) is 44.5 Å². The number of halogens is 3. The summed E-state index contributed by atoms with van der Waals surface area (Å²) in [6.45, 7) is 0.353. The van der Waals surface area contributed by atoms with Gasteiger partial charge in [-0.25, -0.2) is 4.68 Å². The smallest absolute Gasteiger partial charge is 0.398 e. The highest BCUT2D eigenvalue weighted by Crippen LogP contribution is 2.46. The first-order valence-corrected chi connectivity index (χ1v) is 11.3. The van der Waals surface area contributed by atoms with Crippen molar-refractivity contribution < 1.29 is 23.1 Å². The molecule has 0 radical (unpaired) electrons. The Hall–Kier alpha value is -3.93. The van der Waals surface area contributed by atoms with E-state index in [2.05, 4.69) is 15.4 Å². The molecule has 190 valence electrons. The van der Waals surface area contributed by atoms with E-state index in [0.29, 0.717) is 28.6 Å². The van der Waals surface area contributed by atoms with Crippen molar-refractivity contribution in [3.8, 4) is 11.4 Å². The zero-order valence-corrected chi connectivity index (χ0v) is 19.4. The predicted octanol–water partition coefficient (Wildman–Crippen LogP) is 3.82. The number of aliphatic hydroxyl groups is 1. The molecule has 2 aromatic carbocycles. The van der Waals surface area contributed by atoms with Gasteiger partial charge in [0.2, 0.25) is 5.95 Å². The van der Waals surface area contributed by atoms with Gasteiger partial charge < -0.3 is 26.9 Å². The molecule has 1 amide bonds. The number of nitrogen functional groups attached to an aromatic ring is 1. The van der Waals surface area contributed by atoms with Crippen LogP contribution in [0.4, 0.5) is 30.5 Å². The topological polar surface area (TPSA) is 142 Å². The van der Waals surface area contributed by atoms with Gasteiger partial charge in [0.15, 0.2) is 5.82 Å². The molecule has 0 aliphatic heterocycles. The van der Waals surface area contributed by atoms with Crippen molar-refractivity contribution in [2.24, 2.45) is 0 Å². The van der Waals surface area contributed by atoms with E-state index >= 15 is 0 Å². The monoisotopic (exact) mass is 501 g/mol. The normalized spacial score (nSPS) is 14.4. The van der Waals surface area contributed by atoms with Crippen molar-refractivity contribution in [1.29, 1.82) is 5.41 Å². The van der Waals surface area contributed by atoms with Crippen LogP contribution in [0.3, 0.4) is 0 Å². The molecular weight excluding hydrogens is 475 g/mol. The van der Waals surface area contributed by atoms with Crippen LogP contribution in [0.5, 0.6) is 0 Å². The number of carbonyl (C=O) groups is 1. The van der Waals surface area contributed by atoms with E-state index in [1.807, 2.05) is 11.4 Å². The average Bonchev–Trinajstić information content (AvgIpc) is 3.59. The van der Waals surface area contributed by atoms with Gasteiger partial charge in [0.1, 0.15) is 6.54 Å². The van der Waals surface area contributed by atoms with E-state index in [-0.39, 0.29) is 18.0 Å². The Morgan fingerprint density at radius 2 is 1.97 bits per heavy atom. The molecule has 9 nitrogen and oxygen atoms in total. The van der Waals surface area contributed by atoms with Gasteiger partial charge in [0, 0.05) is 34.3 Å². The van der Waals surface area contributed by atoms with Crippen molar-refractivity contribution in [2.75, 3.05) is 17.6 Å². The molecule has 1 atom stereocenters. The largest absolute Gasteiger partial charge is 0.405 e. The fraction of sp³-hybridized carbons (Fsp3) is 0.333. The van der Waals surface area contributed by atoms with Gasteiger partial charge in [-0.1, -0.05) is 12.1 Å². The number of aromatic nitrogens is 3. The van der Waals surface area contributed by atoms with Crippen molar-refractivity contribution >= 4 is 29.4 Å². The fourth-order valence-corrected chi connectivity index (χ4v) is 3.84. The maximum absolute atomic E-state index is 12.4. The zero-order chi connectivity index (χ0) is 26.0. The van der Waals surface area contributed by atoms with Gasteiger partial charge >= 0.3 is 6.18 Å². The lowest BCUT2D eigenvalue weighted by Crippen LogP contribution is -2.33. The molecule has 36 heavy (non-hydrogen) atoms. The van der Waals surface area contributed by atoms with Gasteiger partial charge in [0.25, 0.3) is 5.91 Å². The molecule has 1 aliphatic rings. The standard InChI is InChI=1S/C24H26F3N7O2/c1-13(35)11-34-23(31-19-9-8-18(29)17(10-28)20(19)14-2-3-14)32-21(33-34)15-4-6-16(7-5-15)22(36)30-12-24(25,26)27/h4-10,13-14,28,35H,2-3,11-12,29H2,1H3,(H,30,36)(H,31,32,33).